The van der Waals surface area contributed by atoms with Crippen LogP contribution in [-0.4, -0.2) is 23.1 Å². The van der Waals surface area contributed by atoms with Gasteiger partial charge in [-0.1, -0.05) is 18.2 Å². The van der Waals surface area contributed by atoms with Gasteiger partial charge in [-0.05, 0) is 65.9 Å². The molecule has 5 heteroatoms. The fraction of sp³-hybridized carbons (Fsp3) is 0.208. The van der Waals surface area contributed by atoms with Gasteiger partial charge in [-0.2, -0.15) is 0 Å². The number of methoxy groups -OCH3 is 1. The lowest BCUT2D eigenvalue weighted by Gasteiger charge is -2.12. The van der Waals surface area contributed by atoms with Crippen molar-refractivity contribution in [3.63, 3.8) is 0 Å². The second-order valence-corrected chi connectivity index (χ2v) is 7.45. The van der Waals surface area contributed by atoms with Gasteiger partial charge in [0.15, 0.2) is 0 Å². The Kier molecular flexibility index (Phi) is 4.66. The molecular weight excluding hydrogens is 362 g/mol. The van der Waals surface area contributed by atoms with Crippen molar-refractivity contribution < 1.29 is 9.47 Å². The number of benzene rings is 3. The van der Waals surface area contributed by atoms with Crippen LogP contribution in [0, 0.1) is 0 Å². The molecule has 1 aliphatic rings. The zero-order valence-corrected chi connectivity index (χ0v) is 16.3. The molecule has 4 aromatic rings. The molecule has 3 aromatic carbocycles. The maximum Gasteiger partial charge on any atom is 0.129 e. The number of rotatable bonds is 6. The van der Waals surface area contributed by atoms with Crippen molar-refractivity contribution in [2.24, 2.45) is 0 Å². The second kappa shape index (κ2) is 7.60. The van der Waals surface area contributed by atoms with E-state index in [1.807, 2.05) is 36.4 Å². The van der Waals surface area contributed by atoms with Gasteiger partial charge < -0.3 is 19.8 Å². The summed E-state index contributed by atoms with van der Waals surface area (Å²) >= 11 is 0. The standard InChI is InChI=1S/C24H23N3O2/c1-28-21-7-4-17-10-19(11-18(17)12-21)25-14-16-2-5-20(6-3-16)29-22-8-9-23-24(13-22)27-15-26-23/h2-9,12-13,15,19,25H,10-11,14H2,1H3,(H,26,27). The molecule has 5 nitrogen and oxygen atoms in total. The van der Waals surface area contributed by atoms with Gasteiger partial charge in [0.05, 0.1) is 24.5 Å². The molecule has 0 saturated heterocycles. The van der Waals surface area contributed by atoms with Crippen molar-refractivity contribution in [1.82, 2.24) is 15.3 Å². The highest BCUT2D eigenvalue weighted by molar-refractivity contribution is 5.76. The highest BCUT2D eigenvalue weighted by Gasteiger charge is 2.21. The Morgan fingerprint density at radius 1 is 0.931 bits per heavy atom. The number of fused-ring (bicyclic) bond motifs is 2. The van der Waals surface area contributed by atoms with E-state index in [0.717, 1.165) is 47.7 Å². The van der Waals surface area contributed by atoms with Crippen LogP contribution in [-0.2, 0) is 19.4 Å². The summed E-state index contributed by atoms with van der Waals surface area (Å²) in [6.45, 7) is 0.843. The molecule has 0 amide bonds. The fourth-order valence-corrected chi connectivity index (χ4v) is 3.92. The van der Waals surface area contributed by atoms with Crippen LogP contribution in [0.25, 0.3) is 11.0 Å². The van der Waals surface area contributed by atoms with Gasteiger partial charge in [-0.15, -0.1) is 0 Å². The average Bonchev–Trinajstić information content (AvgIpc) is 3.38. The lowest BCUT2D eigenvalue weighted by molar-refractivity contribution is 0.414. The summed E-state index contributed by atoms with van der Waals surface area (Å²) in [6.07, 6.45) is 3.80. The van der Waals surface area contributed by atoms with E-state index in [4.69, 9.17) is 9.47 Å². The molecule has 1 aliphatic carbocycles. The van der Waals surface area contributed by atoms with Gasteiger partial charge in [0, 0.05) is 18.7 Å². The summed E-state index contributed by atoms with van der Waals surface area (Å²) in [5, 5.41) is 3.68. The first-order valence-corrected chi connectivity index (χ1v) is 9.86. The third-order valence-corrected chi connectivity index (χ3v) is 5.49. The second-order valence-electron chi connectivity index (χ2n) is 7.45. The molecule has 2 N–H and O–H groups in total. The van der Waals surface area contributed by atoms with Crippen LogP contribution in [0.2, 0.25) is 0 Å². The molecule has 0 bridgehead atoms. The molecule has 1 heterocycles. The molecule has 29 heavy (non-hydrogen) atoms. The smallest absolute Gasteiger partial charge is 0.129 e. The van der Waals surface area contributed by atoms with Crippen molar-refractivity contribution >= 4 is 11.0 Å². The van der Waals surface area contributed by atoms with Crippen LogP contribution in [0.15, 0.2) is 67.0 Å². The SMILES string of the molecule is COc1ccc2c(c1)CC(NCc1ccc(Oc3ccc4nc[nH]c4c3)cc1)C2. The van der Waals surface area contributed by atoms with Crippen LogP contribution in [0.4, 0.5) is 0 Å². The Morgan fingerprint density at radius 3 is 2.59 bits per heavy atom. The number of hydrogen-bond donors (Lipinski definition) is 2. The van der Waals surface area contributed by atoms with E-state index in [0.29, 0.717) is 6.04 Å². The lowest BCUT2D eigenvalue weighted by atomic mass is 10.1. The van der Waals surface area contributed by atoms with Crippen molar-refractivity contribution in [2.45, 2.75) is 25.4 Å². The molecule has 0 spiro atoms. The summed E-state index contributed by atoms with van der Waals surface area (Å²) in [5.41, 5.74) is 5.96. The Hall–Kier alpha value is -3.31. The highest BCUT2D eigenvalue weighted by Crippen LogP contribution is 2.27. The largest absolute Gasteiger partial charge is 0.497 e. The van der Waals surface area contributed by atoms with Gasteiger partial charge in [0.25, 0.3) is 0 Å². The summed E-state index contributed by atoms with van der Waals surface area (Å²) in [6, 6.07) is 21.0. The van der Waals surface area contributed by atoms with Crippen LogP contribution in [0.5, 0.6) is 17.2 Å². The van der Waals surface area contributed by atoms with E-state index in [1.165, 1.54) is 16.7 Å². The summed E-state index contributed by atoms with van der Waals surface area (Å²) < 4.78 is 11.3. The van der Waals surface area contributed by atoms with Gasteiger partial charge in [-0.3, -0.25) is 0 Å². The Labute approximate surface area is 169 Å². The number of nitrogens with zero attached hydrogens (tertiary/aromatic N) is 1. The number of aromatic amines is 1. The average molecular weight is 385 g/mol. The van der Waals surface area contributed by atoms with E-state index in [1.54, 1.807) is 13.4 Å². The molecule has 146 valence electrons. The molecule has 0 fully saturated rings. The van der Waals surface area contributed by atoms with Gasteiger partial charge >= 0.3 is 0 Å². The van der Waals surface area contributed by atoms with Crippen LogP contribution >= 0.6 is 0 Å². The van der Waals surface area contributed by atoms with Gasteiger partial charge in [0.1, 0.15) is 17.2 Å². The topological polar surface area (TPSA) is 59.2 Å². The van der Waals surface area contributed by atoms with E-state index in [2.05, 4.69) is 39.6 Å². The maximum absolute atomic E-state index is 5.97. The highest BCUT2D eigenvalue weighted by atomic mass is 16.5. The third-order valence-electron chi connectivity index (χ3n) is 5.49. The van der Waals surface area contributed by atoms with Gasteiger partial charge in [0.2, 0.25) is 0 Å². The number of ether oxygens (including phenoxy) is 2. The minimum absolute atomic E-state index is 0.467. The first-order chi connectivity index (χ1) is 14.3. The number of H-pyrrole nitrogens is 1. The summed E-state index contributed by atoms with van der Waals surface area (Å²) in [5.74, 6) is 2.56. The van der Waals surface area contributed by atoms with Gasteiger partial charge in [-0.25, -0.2) is 4.98 Å². The molecule has 1 atom stereocenters. The summed E-state index contributed by atoms with van der Waals surface area (Å²) in [7, 11) is 1.72. The Balaban J connectivity index is 1.18. The third kappa shape index (κ3) is 3.82. The number of hydrogen-bond acceptors (Lipinski definition) is 4. The van der Waals surface area contributed by atoms with Crippen LogP contribution < -0.4 is 14.8 Å². The molecular formula is C24H23N3O2. The van der Waals surface area contributed by atoms with E-state index in [-0.39, 0.29) is 0 Å². The normalized spacial score (nSPS) is 15.4. The predicted molar refractivity (Wildman–Crippen MR) is 114 cm³/mol. The minimum atomic E-state index is 0.467. The molecule has 5 rings (SSSR count). The number of aromatic nitrogens is 2. The lowest BCUT2D eigenvalue weighted by Crippen LogP contribution is -2.28. The first kappa shape index (κ1) is 17.8. The fourth-order valence-electron chi connectivity index (χ4n) is 3.92. The maximum atomic E-state index is 5.97. The monoisotopic (exact) mass is 385 g/mol. The summed E-state index contributed by atoms with van der Waals surface area (Å²) in [4.78, 5) is 7.33. The zero-order valence-electron chi connectivity index (χ0n) is 16.3. The van der Waals surface area contributed by atoms with E-state index in [9.17, 15) is 0 Å². The molecule has 1 aromatic heterocycles. The minimum Gasteiger partial charge on any atom is -0.497 e. The molecule has 0 aliphatic heterocycles. The molecule has 0 radical (unpaired) electrons. The molecule has 0 saturated carbocycles. The number of imidazole rings is 1. The molecule has 1 unspecified atom stereocenters. The van der Waals surface area contributed by atoms with E-state index < -0.39 is 0 Å². The van der Waals surface area contributed by atoms with Crippen molar-refractivity contribution in [2.75, 3.05) is 7.11 Å². The van der Waals surface area contributed by atoms with Crippen LogP contribution in [0.3, 0.4) is 0 Å². The van der Waals surface area contributed by atoms with E-state index >= 15 is 0 Å². The van der Waals surface area contributed by atoms with Crippen molar-refractivity contribution in [3.8, 4) is 17.2 Å². The predicted octanol–water partition coefficient (Wildman–Crippen LogP) is 4.62. The van der Waals surface area contributed by atoms with Crippen LogP contribution in [0.1, 0.15) is 16.7 Å². The number of nitrogens with one attached hydrogen (secondary N) is 2. The Morgan fingerprint density at radius 2 is 1.72 bits per heavy atom. The Bertz CT molecular complexity index is 1130. The van der Waals surface area contributed by atoms with Crippen molar-refractivity contribution in [1.29, 1.82) is 0 Å². The van der Waals surface area contributed by atoms with Crippen molar-refractivity contribution in [3.05, 3.63) is 83.7 Å². The first-order valence-electron chi connectivity index (χ1n) is 9.86. The zero-order chi connectivity index (χ0) is 19.6. The quantitative estimate of drug-likeness (QED) is 0.508.